The fourth-order valence-corrected chi connectivity index (χ4v) is 0.949. The first-order valence-electron chi connectivity index (χ1n) is 6.08. The molecule has 1 unspecified atom stereocenters. The van der Waals surface area contributed by atoms with Gasteiger partial charge in [0.1, 0.15) is 6.04 Å². The molecule has 0 aromatic rings. The van der Waals surface area contributed by atoms with E-state index < -0.39 is 12.0 Å². The summed E-state index contributed by atoms with van der Waals surface area (Å²) in [6.45, 7) is 4.46. The van der Waals surface area contributed by atoms with E-state index in [4.69, 9.17) is 28.0 Å². The van der Waals surface area contributed by atoms with E-state index >= 15 is 0 Å². The van der Waals surface area contributed by atoms with Crippen molar-refractivity contribution in [1.29, 1.82) is 0 Å². The smallest absolute Gasteiger partial charge is 0.480 e. The molecule has 115 valence electrons. The molecule has 0 aliphatic carbocycles. The Morgan fingerprint density at radius 2 is 1.63 bits per heavy atom. The quantitative estimate of drug-likeness (QED) is 0.282. The van der Waals surface area contributed by atoms with Crippen LogP contribution in [0.15, 0.2) is 4.99 Å². The molecule has 0 aromatic heterocycles. The molecule has 0 aliphatic heterocycles. The summed E-state index contributed by atoms with van der Waals surface area (Å²) < 4.78 is 0. The van der Waals surface area contributed by atoms with Crippen LogP contribution in [0.5, 0.6) is 0 Å². The Labute approximate surface area is 125 Å². The number of carboxylic acids is 1. The van der Waals surface area contributed by atoms with Gasteiger partial charge in [-0.05, 0) is 39.4 Å². The van der Waals surface area contributed by atoms with Crippen molar-refractivity contribution in [3.63, 3.8) is 0 Å². The predicted molar refractivity (Wildman–Crippen MR) is 74.6 cm³/mol. The third kappa shape index (κ3) is 20.0. The zero-order valence-corrected chi connectivity index (χ0v) is 12.5. The molecule has 0 spiro atoms. The standard InChI is InChI=1S/C8H17N3O2.C3H10N2.Co/c1-6(11-4-2-3-9)5-7(10)8(12)13;4-2-1-3-5;/h7H,2-5,9-10H2,1H3,(H,12,13);1-5H2;/q;;+2. The van der Waals surface area contributed by atoms with E-state index in [0.717, 1.165) is 31.6 Å². The van der Waals surface area contributed by atoms with Crippen molar-refractivity contribution in [2.24, 2.45) is 27.9 Å². The van der Waals surface area contributed by atoms with Crippen molar-refractivity contribution < 1.29 is 26.7 Å². The van der Waals surface area contributed by atoms with E-state index in [1.165, 1.54) is 0 Å². The largest absolute Gasteiger partial charge is 2.00 e. The molecule has 0 saturated carbocycles. The van der Waals surface area contributed by atoms with Crippen molar-refractivity contribution in [3.05, 3.63) is 0 Å². The Balaban J connectivity index is -0.000000366. The summed E-state index contributed by atoms with van der Waals surface area (Å²) in [6.07, 6.45) is 2.07. The molecule has 8 heteroatoms. The van der Waals surface area contributed by atoms with Crippen molar-refractivity contribution in [1.82, 2.24) is 0 Å². The SMILES string of the molecule is CC(CC(N)C(=O)O)=NCCCN.NCCCN.[Co+2]. The fourth-order valence-electron chi connectivity index (χ4n) is 0.949. The molecule has 0 amide bonds. The summed E-state index contributed by atoms with van der Waals surface area (Å²) in [5, 5.41) is 8.50. The van der Waals surface area contributed by atoms with E-state index in [9.17, 15) is 4.79 Å². The first-order valence-corrected chi connectivity index (χ1v) is 6.08. The molecule has 9 N–H and O–H groups in total. The first kappa shape index (κ1) is 23.6. The number of aliphatic imine (C=N–C) groups is 1. The van der Waals surface area contributed by atoms with Gasteiger partial charge in [0.15, 0.2) is 0 Å². The van der Waals surface area contributed by atoms with Crippen LogP contribution in [-0.2, 0) is 21.6 Å². The zero-order valence-electron chi connectivity index (χ0n) is 11.5. The van der Waals surface area contributed by atoms with Crippen molar-refractivity contribution in [2.75, 3.05) is 26.2 Å². The number of hydrogen-bond donors (Lipinski definition) is 5. The van der Waals surface area contributed by atoms with Gasteiger partial charge in [-0.15, -0.1) is 0 Å². The van der Waals surface area contributed by atoms with Gasteiger partial charge in [-0.3, -0.25) is 9.79 Å². The molecule has 0 heterocycles. The Morgan fingerprint density at radius 1 is 1.16 bits per heavy atom. The number of rotatable bonds is 8. The van der Waals surface area contributed by atoms with Gasteiger partial charge in [-0.2, -0.15) is 0 Å². The van der Waals surface area contributed by atoms with Gasteiger partial charge < -0.3 is 28.0 Å². The minimum atomic E-state index is -0.992. The zero-order chi connectivity index (χ0) is 14.4. The van der Waals surface area contributed by atoms with E-state index in [-0.39, 0.29) is 16.8 Å². The monoisotopic (exact) mass is 320 g/mol. The molecule has 1 atom stereocenters. The van der Waals surface area contributed by atoms with Crippen LogP contribution in [-0.4, -0.2) is 49.0 Å². The van der Waals surface area contributed by atoms with E-state index in [0.29, 0.717) is 19.5 Å². The number of carbonyl (C=O) groups is 1. The van der Waals surface area contributed by atoms with E-state index in [2.05, 4.69) is 4.99 Å². The normalized spacial score (nSPS) is 11.9. The molecule has 0 aliphatic rings. The molecule has 0 rings (SSSR count). The van der Waals surface area contributed by atoms with Crippen molar-refractivity contribution >= 4 is 11.7 Å². The summed E-state index contributed by atoms with van der Waals surface area (Å²) in [7, 11) is 0. The van der Waals surface area contributed by atoms with Gasteiger partial charge >= 0.3 is 22.7 Å². The average Bonchev–Trinajstić information content (AvgIpc) is 2.31. The molecule has 1 radical (unpaired) electrons. The van der Waals surface area contributed by atoms with Gasteiger partial charge in [0.2, 0.25) is 0 Å². The van der Waals surface area contributed by atoms with Crippen LogP contribution in [0.1, 0.15) is 26.2 Å². The Hall–Kier alpha value is -0.514. The summed E-state index contributed by atoms with van der Waals surface area (Å²) in [4.78, 5) is 14.5. The van der Waals surface area contributed by atoms with Crippen LogP contribution in [0.2, 0.25) is 0 Å². The molecular formula is C11H27CoN5O2+2. The van der Waals surface area contributed by atoms with E-state index in [1.54, 1.807) is 6.92 Å². The molecule has 0 bridgehead atoms. The minimum absolute atomic E-state index is 0. The maximum Gasteiger partial charge on any atom is 2.00 e. The summed E-state index contributed by atoms with van der Waals surface area (Å²) in [5.74, 6) is -0.992. The van der Waals surface area contributed by atoms with E-state index in [1.807, 2.05) is 0 Å². The maximum absolute atomic E-state index is 10.4. The number of hydrogen-bond acceptors (Lipinski definition) is 6. The van der Waals surface area contributed by atoms with Crippen LogP contribution < -0.4 is 22.9 Å². The van der Waals surface area contributed by atoms with Gasteiger partial charge in [-0.1, -0.05) is 0 Å². The third-order valence-corrected chi connectivity index (χ3v) is 1.98. The third-order valence-electron chi connectivity index (χ3n) is 1.98. The molecular weight excluding hydrogens is 293 g/mol. The molecule has 7 nitrogen and oxygen atoms in total. The van der Waals surface area contributed by atoms with Crippen LogP contribution >= 0.6 is 0 Å². The van der Waals surface area contributed by atoms with Gasteiger partial charge in [0.25, 0.3) is 0 Å². The molecule has 19 heavy (non-hydrogen) atoms. The predicted octanol–water partition coefficient (Wildman–Crippen LogP) is -1.11. The number of nitrogens with zero attached hydrogens (tertiary/aromatic N) is 1. The number of nitrogens with two attached hydrogens (primary N) is 4. The van der Waals surface area contributed by atoms with Gasteiger partial charge in [0.05, 0.1) is 0 Å². The topological polar surface area (TPSA) is 154 Å². The van der Waals surface area contributed by atoms with Crippen LogP contribution in [0.3, 0.4) is 0 Å². The Morgan fingerprint density at radius 3 is 1.95 bits per heavy atom. The second kappa shape index (κ2) is 17.5. The van der Waals surface area contributed by atoms with Crippen LogP contribution in [0.25, 0.3) is 0 Å². The average molecular weight is 320 g/mol. The van der Waals surface area contributed by atoms with Crippen molar-refractivity contribution in [3.8, 4) is 0 Å². The summed E-state index contributed by atoms with van der Waals surface area (Å²) in [6, 6.07) is -0.846. The first-order chi connectivity index (χ1) is 8.49. The maximum atomic E-state index is 10.4. The molecule has 0 fully saturated rings. The Bertz CT molecular complexity index is 237. The molecule has 0 saturated heterocycles. The van der Waals surface area contributed by atoms with Gasteiger partial charge in [-0.25, -0.2) is 0 Å². The summed E-state index contributed by atoms with van der Waals surface area (Å²) in [5.41, 5.74) is 21.5. The molecule has 0 aromatic carbocycles. The minimum Gasteiger partial charge on any atom is -0.480 e. The van der Waals surface area contributed by atoms with Crippen LogP contribution in [0, 0.1) is 0 Å². The second-order valence-corrected chi connectivity index (χ2v) is 3.84. The van der Waals surface area contributed by atoms with Gasteiger partial charge in [0, 0.05) is 18.7 Å². The second-order valence-electron chi connectivity index (χ2n) is 3.84. The Kier molecular flexibility index (Phi) is 21.7. The number of aliphatic carboxylic acids is 1. The fraction of sp³-hybridized carbons (Fsp3) is 0.818. The van der Waals surface area contributed by atoms with Crippen LogP contribution in [0.4, 0.5) is 0 Å². The summed E-state index contributed by atoms with van der Waals surface area (Å²) >= 11 is 0. The van der Waals surface area contributed by atoms with Crippen molar-refractivity contribution in [2.45, 2.75) is 32.2 Å². The number of carboxylic acid groups (broad SMARTS) is 1.